The number of carbonyl (C=O) groups is 1. The predicted octanol–water partition coefficient (Wildman–Crippen LogP) is 1.76. The number of carbonyl (C=O) groups excluding carboxylic acids is 1. The van der Waals surface area contributed by atoms with Crippen LogP contribution in [0.15, 0.2) is 30.3 Å². The topological polar surface area (TPSA) is 53.0 Å². The summed E-state index contributed by atoms with van der Waals surface area (Å²) in [6, 6.07) is 9.56. The van der Waals surface area contributed by atoms with Crippen molar-refractivity contribution in [2.75, 3.05) is 39.3 Å². The zero-order valence-corrected chi connectivity index (χ0v) is 14.3. The lowest BCUT2D eigenvalue weighted by Gasteiger charge is -2.36. The van der Waals surface area contributed by atoms with Crippen LogP contribution in [0.5, 0.6) is 5.75 Å². The number of ether oxygens (including phenoxy) is 1. The van der Waals surface area contributed by atoms with Crippen LogP contribution in [0, 0.1) is 5.92 Å². The van der Waals surface area contributed by atoms with Crippen molar-refractivity contribution < 1.29 is 14.6 Å². The molecule has 2 fully saturated rings. The number of aliphatic hydroxyl groups is 1. The first-order chi connectivity index (χ1) is 11.7. The molecule has 3 rings (SSSR count). The number of β-amino-alcohol motifs (C(OH)–C–C–N with tert-alkyl or cyclic N) is 1. The standard InChI is InChI=1S/C19H28N2O3/c22-17(15-24-18-8-2-1-3-9-18)14-20-10-12-21(13-11-20)19(23)16-6-4-5-7-16/h1-3,8-9,16-17,22H,4-7,10-15H2. The summed E-state index contributed by atoms with van der Waals surface area (Å²) in [6.45, 7) is 4.12. The molecule has 1 aromatic carbocycles. The molecule has 0 bridgehead atoms. The van der Waals surface area contributed by atoms with Gasteiger partial charge in [-0.25, -0.2) is 0 Å². The first-order valence-corrected chi connectivity index (χ1v) is 9.09. The maximum Gasteiger partial charge on any atom is 0.225 e. The van der Waals surface area contributed by atoms with Crippen molar-refractivity contribution in [3.63, 3.8) is 0 Å². The lowest BCUT2D eigenvalue weighted by molar-refractivity contribution is -0.137. The van der Waals surface area contributed by atoms with Gasteiger partial charge in [-0.05, 0) is 25.0 Å². The Morgan fingerprint density at radius 2 is 1.79 bits per heavy atom. The third-order valence-electron chi connectivity index (χ3n) is 5.04. The van der Waals surface area contributed by atoms with Crippen molar-refractivity contribution in [3.8, 4) is 5.75 Å². The zero-order chi connectivity index (χ0) is 16.8. The molecule has 1 unspecified atom stereocenters. The number of benzene rings is 1. The van der Waals surface area contributed by atoms with Crippen molar-refractivity contribution in [3.05, 3.63) is 30.3 Å². The second kappa shape index (κ2) is 8.49. The Kier molecular flexibility index (Phi) is 6.10. The normalized spacial score (nSPS) is 21.0. The van der Waals surface area contributed by atoms with Crippen LogP contribution >= 0.6 is 0 Å². The molecule has 5 nitrogen and oxygen atoms in total. The van der Waals surface area contributed by atoms with Gasteiger partial charge in [-0.3, -0.25) is 9.69 Å². The second-order valence-corrected chi connectivity index (χ2v) is 6.89. The first-order valence-electron chi connectivity index (χ1n) is 9.09. The molecule has 2 aliphatic rings. The van der Waals surface area contributed by atoms with E-state index < -0.39 is 6.10 Å². The van der Waals surface area contributed by atoms with E-state index in [1.165, 1.54) is 12.8 Å². The van der Waals surface area contributed by atoms with Gasteiger partial charge < -0.3 is 14.7 Å². The zero-order valence-electron chi connectivity index (χ0n) is 14.3. The predicted molar refractivity (Wildman–Crippen MR) is 92.9 cm³/mol. The van der Waals surface area contributed by atoms with Crippen LogP contribution in [-0.4, -0.2) is 66.2 Å². The minimum absolute atomic E-state index is 0.265. The number of aliphatic hydroxyl groups excluding tert-OH is 1. The van der Waals surface area contributed by atoms with Gasteiger partial charge in [0.15, 0.2) is 0 Å². The fourth-order valence-electron chi connectivity index (χ4n) is 3.64. The summed E-state index contributed by atoms with van der Waals surface area (Å²) in [5.41, 5.74) is 0. The van der Waals surface area contributed by atoms with E-state index in [4.69, 9.17) is 4.74 Å². The highest BCUT2D eigenvalue weighted by molar-refractivity contribution is 5.79. The largest absolute Gasteiger partial charge is 0.491 e. The van der Waals surface area contributed by atoms with Gasteiger partial charge in [-0.15, -0.1) is 0 Å². The lowest BCUT2D eigenvalue weighted by atomic mass is 10.1. The highest BCUT2D eigenvalue weighted by atomic mass is 16.5. The monoisotopic (exact) mass is 332 g/mol. The molecular weight excluding hydrogens is 304 g/mol. The molecule has 1 heterocycles. The maximum atomic E-state index is 12.4. The second-order valence-electron chi connectivity index (χ2n) is 6.89. The summed E-state index contributed by atoms with van der Waals surface area (Å²) in [6.07, 6.45) is 4.01. The van der Waals surface area contributed by atoms with E-state index in [0.29, 0.717) is 19.1 Å². The third-order valence-corrected chi connectivity index (χ3v) is 5.04. The number of hydrogen-bond acceptors (Lipinski definition) is 4. The Bertz CT molecular complexity index is 509. The summed E-state index contributed by atoms with van der Waals surface area (Å²) in [4.78, 5) is 16.7. The molecule has 1 aliphatic carbocycles. The Balaban J connectivity index is 1.36. The number of amides is 1. The molecule has 1 aliphatic heterocycles. The third kappa shape index (κ3) is 4.71. The molecule has 0 spiro atoms. The van der Waals surface area contributed by atoms with E-state index in [-0.39, 0.29) is 5.92 Å². The van der Waals surface area contributed by atoms with Crippen LogP contribution in [0.25, 0.3) is 0 Å². The van der Waals surface area contributed by atoms with Crippen molar-refractivity contribution in [1.29, 1.82) is 0 Å². The van der Waals surface area contributed by atoms with Gasteiger partial charge in [0.2, 0.25) is 5.91 Å². The molecule has 5 heteroatoms. The number of rotatable bonds is 6. The maximum absolute atomic E-state index is 12.4. The Hall–Kier alpha value is -1.59. The van der Waals surface area contributed by atoms with Crippen molar-refractivity contribution >= 4 is 5.91 Å². The molecule has 1 N–H and O–H groups in total. The average molecular weight is 332 g/mol. The van der Waals surface area contributed by atoms with E-state index >= 15 is 0 Å². The van der Waals surface area contributed by atoms with Crippen molar-refractivity contribution in [2.45, 2.75) is 31.8 Å². The van der Waals surface area contributed by atoms with Crippen LogP contribution in [-0.2, 0) is 4.79 Å². The molecule has 1 amide bonds. The van der Waals surface area contributed by atoms with Gasteiger partial charge >= 0.3 is 0 Å². The van der Waals surface area contributed by atoms with Gasteiger partial charge in [-0.2, -0.15) is 0 Å². The van der Waals surface area contributed by atoms with E-state index in [1.54, 1.807) is 0 Å². The summed E-state index contributed by atoms with van der Waals surface area (Å²) in [7, 11) is 0. The van der Waals surface area contributed by atoms with Gasteiger partial charge in [0.05, 0.1) is 0 Å². The SMILES string of the molecule is O=C(C1CCCC1)N1CCN(CC(O)COc2ccccc2)CC1. The molecule has 24 heavy (non-hydrogen) atoms. The van der Waals surface area contributed by atoms with Gasteiger partial charge in [0.1, 0.15) is 18.5 Å². The smallest absolute Gasteiger partial charge is 0.225 e. The fraction of sp³-hybridized carbons (Fsp3) is 0.632. The first kappa shape index (κ1) is 17.2. The molecule has 1 atom stereocenters. The van der Waals surface area contributed by atoms with Gasteiger partial charge in [0.25, 0.3) is 0 Å². The molecule has 0 aromatic heterocycles. The van der Waals surface area contributed by atoms with Gasteiger partial charge in [-0.1, -0.05) is 31.0 Å². The van der Waals surface area contributed by atoms with E-state index in [9.17, 15) is 9.90 Å². The summed E-state index contributed by atoms with van der Waals surface area (Å²) in [5.74, 6) is 1.39. The van der Waals surface area contributed by atoms with Crippen LogP contribution < -0.4 is 4.74 Å². The van der Waals surface area contributed by atoms with E-state index in [2.05, 4.69) is 4.90 Å². The van der Waals surface area contributed by atoms with Crippen molar-refractivity contribution in [2.24, 2.45) is 5.92 Å². The number of nitrogens with zero attached hydrogens (tertiary/aromatic N) is 2. The average Bonchev–Trinajstić information content (AvgIpc) is 3.16. The quantitative estimate of drug-likeness (QED) is 0.862. The fourth-order valence-corrected chi connectivity index (χ4v) is 3.64. The van der Waals surface area contributed by atoms with Gasteiger partial charge in [0, 0.05) is 38.6 Å². The number of para-hydroxylation sites is 1. The van der Waals surface area contributed by atoms with E-state index in [1.807, 2.05) is 35.2 Å². The Morgan fingerprint density at radius 3 is 2.46 bits per heavy atom. The molecule has 1 saturated heterocycles. The summed E-state index contributed by atoms with van der Waals surface area (Å²) >= 11 is 0. The highest BCUT2D eigenvalue weighted by Crippen LogP contribution is 2.26. The Labute approximate surface area is 144 Å². The summed E-state index contributed by atoms with van der Waals surface area (Å²) < 4.78 is 5.59. The number of hydrogen-bond donors (Lipinski definition) is 1. The van der Waals surface area contributed by atoms with Crippen LogP contribution in [0.4, 0.5) is 0 Å². The molecule has 132 valence electrons. The lowest BCUT2D eigenvalue weighted by Crippen LogP contribution is -2.52. The number of piperazine rings is 1. The van der Waals surface area contributed by atoms with Crippen LogP contribution in [0.3, 0.4) is 0 Å². The minimum atomic E-state index is -0.512. The highest BCUT2D eigenvalue weighted by Gasteiger charge is 2.29. The van der Waals surface area contributed by atoms with Crippen LogP contribution in [0.1, 0.15) is 25.7 Å². The minimum Gasteiger partial charge on any atom is -0.491 e. The molecule has 1 aromatic rings. The van der Waals surface area contributed by atoms with E-state index in [0.717, 1.165) is 44.8 Å². The molecule has 0 radical (unpaired) electrons. The van der Waals surface area contributed by atoms with Crippen molar-refractivity contribution in [1.82, 2.24) is 9.80 Å². The van der Waals surface area contributed by atoms with Crippen LogP contribution in [0.2, 0.25) is 0 Å². The molecular formula is C19H28N2O3. The molecule has 1 saturated carbocycles. The summed E-state index contributed by atoms with van der Waals surface area (Å²) in [5, 5.41) is 10.2. The Morgan fingerprint density at radius 1 is 1.12 bits per heavy atom.